The van der Waals surface area contributed by atoms with Crippen molar-refractivity contribution in [2.24, 2.45) is 0 Å². The van der Waals surface area contributed by atoms with Gasteiger partial charge in [0, 0.05) is 0 Å². The number of nitrogens with zero attached hydrogens (tertiary/aromatic N) is 4. The fourth-order valence-corrected chi connectivity index (χ4v) is 4.80. The van der Waals surface area contributed by atoms with E-state index in [0.717, 1.165) is 0 Å². The highest BCUT2D eigenvalue weighted by Gasteiger charge is 2.32. The summed E-state index contributed by atoms with van der Waals surface area (Å²) >= 11 is 0. The third-order valence-electron chi connectivity index (χ3n) is 4.50. The molecular formula is C21H29N6O5P. The molecule has 2 aromatic heterocycles. The molecule has 33 heavy (non-hydrogen) atoms. The highest BCUT2D eigenvalue weighted by Crippen LogP contribution is 2.44. The number of hydrogen-bond donors (Lipinski definition) is 2. The van der Waals surface area contributed by atoms with Crippen LogP contribution in [0.3, 0.4) is 0 Å². The summed E-state index contributed by atoms with van der Waals surface area (Å²) in [6.07, 6.45) is 2.01. The Morgan fingerprint density at radius 1 is 1.15 bits per heavy atom. The molecule has 3 rings (SSSR count). The Labute approximate surface area is 192 Å². The van der Waals surface area contributed by atoms with Crippen LogP contribution in [0.4, 0.5) is 5.82 Å². The number of hydrogen-bond acceptors (Lipinski definition) is 9. The molecule has 0 spiro atoms. The number of nitrogen functional groups attached to an aromatic ring is 1. The summed E-state index contributed by atoms with van der Waals surface area (Å²) < 4.78 is 32.2. The summed E-state index contributed by atoms with van der Waals surface area (Å²) in [5.74, 6) is 0.151. The van der Waals surface area contributed by atoms with Crippen LogP contribution in [-0.2, 0) is 25.4 Å². The molecule has 11 nitrogen and oxygen atoms in total. The Morgan fingerprint density at radius 3 is 2.58 bits per heavy atom. The van der Waals surface area contributed by atoms with Crippen molar-refractivity contribution in [3.63, 3.8) is 0 Å². The second-order valence-electron chi connectivity index (χ2n) is 7.85. The first kappa shape index (κ1) is 24.6. The van der Waals surface area contributed by atoms with Crippen LogP contribution in [0.1, 0.15) is 27.7 Å². The van der Waals surface area contributed by atoms with Crippen LogP contribution in [-0.4, -0.2) is 50.1 Å². The van der Waals surface area contributed by atoms with Crippen LogP contribution in [0.25, 0.3) is 11.2 Å². The van der Waals surface area contributed by atoms with Gasteiger partial charge < -0.3 is 24.3 Å². The monoisotopic (exact) mass is 476 g/mol. The van der Waals surface area contributed by atoms with Crippen molar-refractivity contribution >= 4 is 30.5 Å². The minimum Gasteiger partial charge on any atom is -0.462 e. The van der Waals surface area contributed by atoms with Gasteiger partial charge in [-0.1, -0.05) is 18.2 Å². The number of rotatable bonds is 11. The molecule has 0 bridgehead atoms. The molecule has 2 unspecified atom stereocenters. The molecular weight excluding hydrogens is 447 g/mol. The first-order valence-electron chi connectivity index (χ1n) is 10.5. The summed E-state index contributed by atoms with van der Waals surface area (Å²) in [5, 5.41) is 2.78. The normalized spacial score (nSPS) is 15.2. The maximum absolute atomic E-state index is 13.6. The zero-order valence-electron chi connectivity index (χ0n) is 19.0. The number of benzene rings is 1. The van der Waals surface area contributed by atoms with Gasteiger partial charge in [0.2, 0.25) is 0 Å². The van der Waals surface area contributed by atoms with Crippen LogP contribution in [0.15, 0.2) is 43.0 Å². The van der Waals surface area contributed by atoms with Gasteiger partial charge in [-0.05, 0) is 39.8 Å². The maximum Gasteiger partial charge on any atom is 0.342 e. The SMILES string of the molecule is CC(C)OC(=O)[C@@H](C)NP(=O)(COC(C)Cn1cnc2c(N)ncnc21)Oc1ccccc1. The van der Waals surface area contributed by atoms with Gasteiger partial charge in [0.25, 0.3) is 0 Å². The minimum atomic E-state index is -3.64. The van der Waals surface area contributed by atoms with Crippen molar-refractivity contribution in [1.29, 1.82) is 0 Å². The predicted molar refractivity (Wildman–Crippen MR) is 124 cm³/mol. The second-order valence-corrected chi connectivity index (χ2v) is 9.89. The van der Waals surface area contributed by atoms with E-state index in [9.17, 15) is 9.36 Å². The van der Waals surface area contributed by atoms with Gasteiger partial charge in [0.05, 0.1) is 25.1 Å². The molecule has 0 aliphatic rings. The number of aromatic nitrogens is 4. The van der Waals surface area contributed by atoms with Crippen LogP contribution >= 0.6 is 7.52 Å². The fourth-order valence-electron chi connectivity index (χ4n) is 3.01. The summed E-state index contributed by atoms with van der Waals surface area (Å²) in [6, 6.07) is 7.83. The van der Waals surface area contributed by atoms with E-state index in [-0.39, 0.29) is 18.6 Å². The number of anilines is 1. The summed E-state index contributed by atoms with van der Waals surface area (Å²) in [7, 11) is -3.64. The molecule has 0 radical (unpaired) electrons. The molecule has 3 N–H and O–H groups in total. The lowest BCUT2D eigenvalue weighted by atomic mass is 10.3. The lowest BCUT2D eigenvalue weighted by Crippen LogP contribution is -2.37. The average molecular weight is 476 g/mol. The third-order valence-corrected chi connectivity index (χ3v) is 6.28. The predicted octanol–water partition coefficient (Wildman–Crippen LogP) is 2.97. The van der Waals surface area contributed by atoms with E-state index < -0.39 is 19.5 Å². The number of nitrogens with two attached hydrogens (primary N) is 1. The number of carbonyl (C=O) groups is 1. The van der Waals surface area contributed by atoms with Gasteiger partial charge in [0.1, 0.15) is 30.0 Å². The molecule has 178 valence electrons. The molecule has 0 aliphatic carbocycles. The molecule has 3 atom stereocenters. The van der Waals surface area contributed by atoms with Gasteiger partial charge in [-0.15, -0.1) is 0 Å². The quantitative estimate of drug-likeness (QED) is 0.313. The lowest BCUT2D eigenvalue weighted by molar-refractivity contribution is -0.149. The topological polar surface area (TPSA) is 143 Å². The lowest BCUT2D eigenvalue weighted by Gasteiger charge is -2.25. The van der Waals surface area contributed by atoms with Gasteiger partial charge in [-0.3, -0.25) is 9.36 Å². The minimum absolute atomic E-state index is 0.272. The highest BCUT2D eigenvalue weighted by molar-refractivity contribution is 7.57. The van der Waals surface area contributed by atoms with E-state index in [1.54, 1.807) is 55.9 Å². The van der Waals surface area contributed by atoms with E-state index in [2.05, 4.69) is 20.0 Å². The van der Waals surface area contributed by atoms with E-state index in [4.69, 9.17) is 19.7 Å². The summed E-state index contributed by atoms with van der Waals surface area (Å²) in [4.78, 5) is 24.6. The van der Waals surface area contributed by atoms with Crippen LogP contribution in [0.2, 0.25) is 0 Å². The Kier molecular flexibility index (Phi) is 8.01. The van der Waals surface area contributed by atoms with Gasteiger partial charge in [-0.2, -0.15) is 0 Å². The zero-order valence-corrected chi connectivity index (χ0v) is 19.9. The number of esters is 1. The highest BCUT2D eigenvalue weighted by atomic mass is 31.2. The Morgan fingerprint density at radius 2 is 1.88 bits per heavy atom. The van der Waals surface area contributed by atoms with Crippen molar-refractivity contribution in [2.75, 3.05) is 12.1 Å². The van der Waals surface area contributed by atoms with Crippen LogP contribution in [0, 0.1) is 0 Å². The molecule has 0 saturated carbocycles. The number of fused-ring (bicyclic) bond motifs is 1. The maximum atomic E-state index is 13.6. The standard InChI is InChI=1S/C21H29N6O5P/c1-14(2)31-21(28)16(4)26-33(29,32-17-8-6-5-7-9-17)13-30-15(3)10-27-12-25-18-19(22)23-11-24-20(18)27/h5-9,11-12,14-16H,10,13H2,1-4H3,(H,26,29)(H2,22,23,24)/t15?,16-,33?/m1/s1. The fraction of sp³-hybridized carbons (Fsp3) is 0.429. The molecule has 0 fully saturated rings. The van der Waals surface area contributed by atoms with E-state index >= 15 is 0 Å². The molecule has 12 heteroatoms. The Hall–Kier alpha value is -3.01. The summed E-state index contributed by atoms with van der Waals surface area (Å²) in [6.45, 7) is 7.25. The molecule has 0 amide bonds. The van der Waals surface area contributed by atoms with Crippen molar-refractivity contribution in [3.8, 4) is 5.75 Å². The smallest absolute Gasteiger partial charge is 0.342 e. The summed E-state index contributed by atoms with van der Waals surface area (Å²) in [5.41, 5.74) is 6.91. The van der Waals surface area contributed by atoms with Crippen molar-refractivity contribution in [3.05, 3.63) is 43.0 Å². The van der Waals surface area contributed by atoms with Gasteiger partial charge >= 0.3 is 13.5 Å². The van der Waals surface area contributed by atoms with Crippen LogP contribution < -0.4 is 15.3 Å². The number of nitrogens with one attached hydrogen (secondary N) is 1. The molecule has 1 aromatic carbocycles. The largest absolute Gasteiger partial charge is 0.462 e. The van der Waals surface area contributed by atoms with E-state index in [0.29, 0.717) is 29.3 Å². The zero-order chi connectivity index (χ0) is 24.0. The number of carbonyl (C=O) groups excluding carboxylic acids is 1. The molecule has 2 heterocycles. The Balaban J connectivity index is 1.70. The van der Waals surface area contributed by atoms with Crippen LogP contribution in [0.5, 0.6) is 5.75 Å². The number of ether oxygens (including phenoxy) is 2. The molecule has 0 saturated heterocycles. The van der Waals surface area contributed by atoms with Gasteiger partial charge in [0.15, 0.2) is 11.5 Å². The van der Waals surface area contributed by atoms with Crippen molar-refractivity contribution in [2.45, 2.75) is 52.5 Å². The third kappa shape index (κ3) is 6.74. The molecule has 3 aromatic rings. The first-order valence-corrected chi connectivity index (χ1v) is 12.3. The van der Waals surface area contributed by atoms with E-state index in [1.807, 2.05) is 13.0 Å². The van der Waals surface area contributed by atoms with Gasteiger partial charge in [-0.25, -0.2) is 20.0 Å². The first-order chi connectivity index (χ1) is 15.7. The number of imidazole rings is 1. The second kappa shape index (κ2) is 10.7. The molecule has 0 aliphatic heterocycles. The van der Waals surface area contributed by atoms with Crippen molar-refractivity contribution in [1.82, 2.24) is 24.6 Å². The van der Waals surface area contributed by atoms with E-state index in [1.165, 1.54) is 6.33 Å². The Bertz CT molecular complexity index is 1120. The number of para-hydroxylation sites is 1. The van der Waals surface area contributed by atoms with Crippen molar-refractivity contribution < 1.29 is 23.4 Å². The average Bonchev–Trinajstić information content (AvgIpc) is 3.16.